The topological polar surface area (TPSA) is 87.0 Å². The van der Waals surface area contributed by atoms with Gasteiger partial charge in [0.15, 0.2) is 0 Å². The molecule has 3 rings (SSSR count). The molecule has 5 heteroatoms. The molecule has 3 unspecified atom stereocenters. The van der Waals surface area contributed by atoms with Crippen LogP contribution < -0.4 is 4.74 Å². The Morgan fingerprint density at radius 1 is 1.36 bits per heavy atom. The predicted octanol–water partition coefficient (Wildman–Crippen LogP) is 3.38. The molecule has 1 aliphatic heterocycles. The number of carbonyl (C=O) groups is 1. The average Bonchev–Trinajstić information content (AvgIpc) is 2.48. The summed E-state index contributed by atoms with van der Waals surface area (Å²) < 4.78 is 6.20. The smallest absolute Gasteiger partial charge is 0.303 e. The fraction of sp³-hybridized carbons (Fsp3) is 0.550. The number of benzene rings is 1. The molecule has 136 valence electrons. The molecular formula is C20H26O5. The average molecular weight is 346 g/mol. The van der Waals surface area contributed by atoms with Crippen LogP contribution in [0.15, 0.2) is 23.8 Å². The maximum Gasteiger partial charge on any atom is 0.303 e. The maximum absolute atomic E-state index is 10.7. The normalized spacial score (nSPS) is 26.9. The fourth-order valence-electron chi connectivity index (χ4n) is 4.12. The van der Waals surface area contributed by atoms with Gasteiger partial charge in [0.05, 0.1) is 6.10 Å². The van der Waals surface area contributed by atoms with Gasteiger partial charge in [0.25, 0.3) is 0 Å². The molecule has 0 radical (unpaired) electrons. The zero-order chi connectivity index (χ0) is 18.4. The highest BCUT2D eigenvalue weighted by Gasteiger charge is 2.47. The largest absolute Gasteiger partial charge is 0.507 e. The third-order valence-corrected chi connectivity index (χ3v) is 5.51. The first-order valence-electron chi connectivity index (χ1n) is 8.82. The van der Waals surface area contributed by atoms with E-state index in [4.69, 9.17) is 9.84 Å². The highest BCUT2D eigenvalue weighted by Crippen LogP contribution is 2.53. The number of phenolic OH excluding ortho intramolecular Hbond substituents is 1. The van der Waals surface area contributed by atoms with E-state index in [1.165, 1.54) is 0 Å². The number of phenols is 1. The summed E-state index contributed by atoms with van der Waals surface area (Å²) in [6, 6.07) is 3.64. The summed E-state index contributed by atoms with van der Waals surface area (Å²) in [5, 5.41) is 29.6. The van der Waals surface area contributed by atoms with Crippen LogP contribution in [0.2, 0.25) is 0 Å². The number of aliphatic hydroxyl groups excluding tert-OH is 1. The van der Waals surface area contributed by atoms with Crippen molar-refractivity contribution >= 4 is 5.97 Å². The summed E-state index contributed by atoms with van der Waals surface area (Å²) in [7, 11) is 0. The van der Waals surface area contributed by atoms with Crippen molar-refractivity contribution in [1.82, 2.24) is 0 Å². The lowest BCUT2D eigenvalue weighted by Crippen LogP contribution is -2.47. The lowest BCUT2D eigenvalue weighted by atomic mass is 9.67. The van der Waals surface area contributed by atoms with E-state index in [-0.39, 0.29) is 24.0 Å². The molecule has 0 bridgehead atoms. The Hall–Kier alpha value is -2.01. The Kier molecular flexibility index (Phi) is 4.54. The molecule has 1 aliphatic carbocycles. The Morgan fingerprint density at radius 2 is 2.08 bits per heavy atom. The van der Waals surface area contributed by atoms with Crippen LogP contribution in [0.3, 0.4) is 0 Å². The maximum atomic E-state index is 10.7. The molecule has 0 aromatic heterocycles. The Bertz CT molecular complexity index is 719. The van der Waals surface area contributed by atoms with E-state index >= 15 is 0 Å². The number of aliphatic hydroxyl groups is 1. The number of carboxylic acids is 1. The second kappa shape index (κ2) is 6.37. The van der Waals surface area contributed by atoms with E-state index in [1.54, 1.807) is 6.07 Å². The second-order valence-electron chi connectivity index (χ2n) is 7.77. The van der Waals surface area contributed by atoms with Gasteiger partial charge >= 0.3 is 5.97 Å². The van der Waals surface area contributed by atoms with Crippen LogP contribution in [-0.4, -0.2) is 33.0 Å². The van der Waals surface area contributed by atoms with Crippen LogP contribution in [-0.2, 0) is 11.2 Å². The molecule has 0 saturated carbocycles. The molecule has 0 amide bonds. The molecule has 0 saturated heterocycles. The third-order valence-electron chi connectivity index (χ3n) is 5.51. The van der Waals surface area contributed by atoms with Crippen LogP contribution in [0.5, 0.6) is 11.5 Å². The Morgan fingerprint density at radius 3 is 2.76 bits per heavy atom. The molecule has 3 N–H and O–H groups in total. The first-order chi connectivity index (χ1) is 11.7. The van der Waals surface area contributed by atoms with Gasteiger partial charge in [-0.1, -0.05) is 6.08 Å². The zero-order valence-electron chi connectivity index (χ0n) is 15.0. The number of aromatic hydroxyl groups is 1. The fourth-order valence-corrected chi connectivity index (χ4v) is 4.12. The van der Waals surface area contributed by atoms with E-state index in [1.807, 2.05) is 32.9 Å². The molecule has 2 aliphatic rings. The van der Waals surface area contributed by atoms with Gasteiger partial charge in [-0.3, -0.25) is 4.79 Å². The highest BCUT2D eigenvalue weighted by molar-refractivity contribution is 5.66. The number of allylic oxidation sites excluding steroid dienone is 1. The minimum atomic E-state index is -0.816. The molecular weight excluding hydrogens is 320 g/mol. The van der Waals surface area contributed by atoms with Gasteiger partial charge in [0.2, 0.25) is 0 Å². The summed E-state index contributed by atoms with van der Waals surface area (Å²) in [5.74, 6) is 0.132. The standard InChI is InChI=1S/C20H26O5/c1-11-7-13-14(10-15(11)21)20(2,3)25-17-9-12(5-4-6-18(23)24)8-16(22)19(13)17/h7-9,13-15,21-22H,4-6,10H2,1-3H3,(H,23,24). The number of fused-ring (bicyclic) bond motifs is 3. The monoisotopic (exact) mass is 346 g/mol. The molecule has 0 spiro atoms. The molecule has 3 atom stereocenters. The van der Waals surface area contributed by atoms with E-state index in [0.29, 0.717) is 25.0 Å². The third kappa shape index (κ3) is 3.38. The lowest BCUT2D eigenvalue weighted by molar-refractivity contribution is -0.137. The summed E-state index contributed by atoms with van der Waals surface area (Å²) in [4.78, 5) is 10.7. The van der Waals surface area contributed by atoms with E-state index in [0.717, 1.165) is 16.7 Å². The van der Waals surface area contributed by atoms with Crippen molar-refractivity contribution in [2.24, 2.45) is 5.92 Å². The van der Waals surface area contributed by atoms with Gasteiger partial charge in [-0.05, 0) is 63.3 Å². The second-order valence-corrected chi connectivity index (χ2v) is 7.77. The number of hydrogen-bond acceptors (Lipinski definition) is 4. The quantitative estimate of drug-likeness (QED) is 0.728. The van der Waals surface area contributed by atoms with Crippen molar-refractivity contribution < 1.29 is 24.9 Å². The molecule has 1 aromatic carbocycles. The van der Waals surface area contributed by atoms with Crippen molar-refractivity contribution in [2.45, 2.75) is 64.1 Å². The van der Waals surface area contributed by atoms with Crippen molar-refractivity contribution in [3.8, 4) is 11.5 Å². The SMILES string of the molecule is CC1=CC2c3c(O)cc(CCCC(=O)O)cc3OC(C)(C)C2CC1O. The minimum Gasteiger partial charge on any atom is -0.507 e. The van der Waals surface area contributed by atoms with E-state index in [2.05, 4.69) is 0 Å². The zero-order valence-corrected chi connectivity index (χ0v) is 15.0. The van der Waals surface area contributed by atoms with Crippen LogP contribution in [0.25, 0.3) is 0 Å². The summed E-state index contributed by atoms with van der Waals surface area (Å²) in [5.41, 5.74) is 2.12. The number of ether oxygens (including phenoxy) is 1. The van der Waals surface area contributed by atoms with Gasteiger partial charge in [-0.2, -0.15) is 0 Å². The molecule has 5 nitrogen and oxygen atoms in total. The van der Waals surface area contributed by atoms with Gasteiger partial charge in [0, 0.05) is 23.8 Å². The predicted molar refractivity (Wildman–Crippen MR) is 94.0 cm³/mol. The molecule has 0 fully saturated rings. The summed E-state index contributed by atoms with van der Waals surface area (Å²) in [6.07, 6.45) is 3.40. The number of rotatable bonds is 4. The van der Waals surface area contributed by atoms with Gasteiger partial charge < -0.3 is 20.1 Å². The Balaban J connectivity index is 1.97. The van der Waals surface area contributed by atoms with Gasteiger partial charge in [-0.15, -0.1) is 0 Å². The molecule has 25 heavy (non-hydrogen) atoms. The van der Waals surface area contributed by atoms with Crippen molar-refractivity contribution in [3.63, 3.8) is 0 Å². The van der Waals surface area contributed by atoms with Gasteiger partial charge in [0.1, 0.15) is 17.1 Å². The van der Waals surface area contributed by atoms with E-state index < -0.39 is 17.7 Å². The van der Waals surface area contributed by atoms with E-state index in [9.17, 15) is 15.0 Å². The first-order valence-corrected chi connectivity index (χ1v) is 8.82. The summed E-state index contributed by atoms with van der Waals surface area (Å²) >= 11 is 0. The lowest BCUT2D eigenvalue weighted by Gasteiger charge is -2.47. The van der Waals surface area contributed by atoms with Crippen LogP contribution in [0.4, 0.5) is 0 Å². The van der Waals surface area contributed by atoms with Gasteiger partial charge in [-0.25, -0.2) is 0 Å². The number of aliphatic carboxylic acids is 1. The molecule has 1 heterocycles. The van der Waals surface area contributed by atoms with Crippen molar-refractivity contribution in [2.75, 3.05) is 0 Å². The number of carboxylic acid groups (broad SMARTS) is 1. The molecule has 1 aromatic rings. The van der Waals surface area contributed by atoms with Crippen molar-refractivity contribution in [3.05, 3.63) is 34.9 Å². The van der Waals surface area contributed by atoms with Crippen LogP contribution >= 0.6 is 0 Å². The van der Waals surface area contributed by atoms with Crippen LogP contribution in [0, 0.1) is 5.92 Å². The van der Waals surface area contributed by atoms with Crippen LogP contribution in [0.1, 0.15) is 57.1 Å². The number of aryl methyl sites for hydroxylation is 1. The first kappa shape index (κ1) is 17.8. The highest BCUT2D eigenvalue weighted by atomic mass is 16.5. The van der Waals surface area contributed by atoms with Crippen molar-refractivity contribution in [1.29, 1.82) is 0 Å². The minimum absolute atomic E-state index is 0.00946. The Labute approximate surface area is 147 Å². The summed E-state index contributed by atoms with van der Waals surface area (Å²) in [6.45, 7) is 5.95. The number of hydrogen-bond donors (Lipinski definition) is 3.